The number of nitrogen functional groups attached to an aromatic ring is 1. The van der Waals surface area contributed by atoms with Crippen LogP contribution in [0.1, 0.15) is 11.5 Å². The van der Waals surface area contributed by atoms with Gasteiger partial charge in [-0.1, -0.05) is 0 Å². The lowest BCUT2D eigenvalue weighted by Crippen LogP contribution is -1.95. The molecule has 0 bridgehead atoms. The number of aromatic nitrogens is 2. The second kappa shape index (κ2) is 2.20. The third-order valence-electron chi connectivity index (χ3n) is 1.72. The second-order valence-electron chi connectivity index (χ2n) is 2.74. The summed E-state index contributed by atoms with van der Waals surface area (Å²) in [5.74, 6) is 1.09. The van der Waals surface area contributed by atoms with Crippen LogP contribution in [0.3, 0.4) is 0 Å². The molecule has 0 saturated carbocycles. The number of aryl methyl sites for hydroxylation is 2. The van der Waals surface area contributed by atoms with E-state index in [1.807, 2.05) is 19.9 Å². The van der Waals surface area contributed by atoms with Crippen molar-refractivity contribution in [3.8, 4) is 0 Å². The molecule has 0 aliphatic carbocycles. The molecule has 0 spiro atoms. The first-order chi connectivity index (χ1) is 5.66. The van der Waals surface area contributed by atoms with E-state index in [4.69, 9.17) is 10.2 Å². The Bertz CT molecular complexity index is 433. The average molecular weight is 163 g/mol. The molecule has 0 saturated heterocycles. The molecule has 0 aromatic carbocycles. The van der Waals surface area contributed by atoms with Gasteiger partial charge in [0.1, 0.15) is 5.76 Å². The van der Waals surface area contributed by atoms with Crippen molar-refractivity contribution in [1.82, 2.24) is 9.97 Å². The van der Waals surface area contributed by atoms with E-state index in [9.17, 15) is 0 Å². The second-order valence-corrected chi connectivity index (χ2v) is 2.74. The molecule has 12 heavy (non-hydrogen) atoms. The number of anilines is 1. The van der Waals surface area contributed by atoms with Crippen molar-refractivity contribution in [1.29, 1.82) is 0 Å². The van der Waals surface area contributed by atoms with Crippen molar-refractivity contribution in [3.05, 3.63) is 17.5 Å². The molecule has 0 fully saturated rings. The largest absolute Gasteiger partial charge is 0.443 e. The van der Waals surface area contributed by atoms with Gasteiger partial charge in [0.2, 0.25) is 11.7 Å². The molecule has 0 radical (unpaired) electrons. The lowest BCUT2D eigenvalue weighted by atomic mass is 10.3. The third kappa shape index (κ3) is 0.922. The van der Waals surface area contributed by atoms with Gasteiger partial charge in [-0.2, -0.15) is 4.98 Å². The molecule has 4 heteroatoms. The Kier molecular flexibility index (Phi) is 1.30. The van der Waals surface area contributed by atoms with E-state index in [2.05, 4.69) is 9.97 Å². The molecule has 2 N–H and O–H groups in total. The molecule has 2 aromatic heterocycles. The molecule has 0 amide bonds. The zero-order chi connectivity index (χ0) is 8.72. The van der Waals surface area contributed by atoms with Gasteiger partial charge in [0.25, 0.3) is 0 Å². The number of nitrogens with two attached hydrogens (primary N) is 1. The predicted molar refractivity (Wildman–Crippen MR) is 45.7 cm³/mol. The van der Waals surface area contributed by atoms with Crippen molar-refractivity contribution >= 4 is 17.0 Å². The maximum atomic E-state index is 5.45. The third-order valence-corrected chi connectivity index (χ3v) is 1.72. The first-order valence-corrected chi connectivity index (χ1v) is 3.67. The summed E-state index contributed by atoms with van der Waals surface area (Å²) in [6.45, 7) is 3.76. The number of hydrogen-bond acceptors (Lipinski definition) is 4. The van der Waals surface area contributed by atoms with Crippen LogP contribution in [0, 0.1) is 13.8 Å². The number of nitrogens with zero attached hydrogens (tertiary/aromatic N) is 2. The van der Waals surface area contributed by atoms with Crippen LogP contribution in [0.5, 0.6) is 0 Å². The molecule has 4 nitrogen and oxygen atoms in total. The van der Waals surface area contributed by atoms with E-state index in [-0.39, 0.29) is 5.95 Å². The SMILES string of the molecule is Cc1cc2c(C)nc(N)nc2o1. The summed E-state index contributed by atoms with van der Waals surface area (Å²) in [5.41, 5.74) is 6.87. The van der Waals surface area contributed by atoms with Crippen LogP contribution in [0.25, 0.3) is 11.1 Å². The fourth-order valence-corrected chi connectivity index (χ4v) is 1.21. The fourth-order valence-electron chi connectivity index (χ4n) is 1.21. The zero-order valence-electron chi connectivity index (χ0n) is 6.96. The van der Waals surface area contributed by atoms with Crippen molar-refractivity contribution < 1.29 is 4.42 Å². The number of rotatable bonds is 0. The van der Waals surface area contributed by atoms with Crippen molar-refractivity contribution in [2.45, 2.75) is 13.8 Å². The van der Waals surface area contributed by atoms with Crippen LogP contribution in [0.4, 0.5) is 5.95 Å². The molecule has 62 valence electrons. The van der Waals surface area contributed by atoms with Gasteiger partial charge in [-0.15, -0.1) is 0 Å². The monoisotopic (exact) mass is 163 g/mol. The van der Waals surface area contributed by atoms with Crippen LogP contribution < -0.4 is 5.73 Å². The van der Waals surface area contributed by atoms with Gasteiger partial charge >= 0.3 is 0 Å². The smallest absolute Gasteiger partial charge is 0.231 e. The van der Waals surface area contributed by atoms with E-state index in [0.717, 1.165) is 16.8 Å². The van der Waals surface area contributed by atoms with Crippen LogP contribution in [0.2, 0.25) is 0 Å². The minimum atomic E-state index is 0.259. The Hall–Kier alpha value is -1.58. The summed E-state index contributed by atoms with van der Waals surface area (Å²) in [7, 11) is 0. The summed E-state index contributed by atoms with van der Waals surface area (Å²) in [6, 6.07) is 1.91. The van der Waals surface area contributed by atoms with Crippen molar-refractivity contribution in [3.63, 3.8) is 0 Å². The molecule has 2 rings (SSSR count). The van der Waals surface area contributed by atoms with E-state index < -0.39 is 0 Å². The molecule has 2 aromatic rings. The molecular formula is C8H9N3O. The Morgan fingerprint density at radius 2 is 2.08 bits per heavy atom. The van der Waals surface area contributed by atoms with Gasteiger partial charge in [-0.3, -0.25) is 0 Å². The quantitative estimate of drug-likeness (QED) is 0.637. The van der Waals surface area contributed by atoms with Gasteiger partial charge in [0.15, 0.2) is 0 Å². The highest BCUT2D eigenvalue weighted by Gasteiger charge is 2.06. The number of fused-ring (bicyclic) bond motifs is 1. The van der Waals surface area contributed by atoms with Crippen LogP contribution in [-0.4, -0.2) is 9.97 Å². The number of furan rings is 1. The minimum absolute atomic E-state index is 0.259. The topological polar surface area (TPSA) is 64.9 Å². The maximum absolute atomic E-state index is 5.45. The van der Waals surface area contributed by atoms with Crippen molar-refractivity contribution in [2.24, 2.45) is 0 Å². The van der Waals surface area contributed by atoms with Gasteiger partial charge in [0, 0.05) is 0 Å². The molecule has 0 aliphatic heterocycles. The fraction of sp³-hybridized carbons (Fsp3) is 0.250. The Morgan fingerprint density at radius 3 is 2.83 bits per heavy atom. The van der Waals surface area contributed by atoms with E-state index in [1.165, 1.54) is 0 Å². The first kappa shape index (κ1) is 7.09. The molecule has 2 heterocycles. The lowest BCUT2D eigenvalue weighted by Gasteiger charge is -1.94. The summed E-state index contributed by atoms with van der Waals surface area (Å²) < 4.78 is 5.30. The van der Waals surface area contributed by atoms with Crippen LogP contribution >= 0.6 is 0 Å². The Labute approximate surface area is 69.4 Å². The van der Waals surface area contributed by atoms with Gasteiger partial charge in [0.05, 0.1) is 11.1 Å². The van der Waals surface area contributed by atoms with Gasteiger partial charge < -0.3 is 10.2 Å². The Morgan fingerprint density at radius 1 is 1.33 bits per heavy atom. The van der Waals surface area contributed by atoms with Crippen LogP contribution in [-0.2, 0) is 0 Å². The normalized spacial score (nSPS) is 10.8. The van der Waals surface area contributed by atoms with E-state index in [1.54, 1.807) is 0 Å². The molecule has 0 unspecified atom stereocenters. The summed E-state index contributed by atoms with van der Waals surface area (Å²) in [5, 5.41) is 0.932. The van der Waals surface area contributed by atoms with E-state index >= 15 is 0 Å². The van der Waals surface area contributed by atoms with Gasteiger partial charge in [-0.05, 0) is 19.9 Å². The molecular weight excluding hydrogens is 154 g/mol. The summed E-state index contributed by atoms with van der Waals surface area (Å²) >= 11 is 0. The highest BCUT2D eigenvalue weighted by Crippen LogP contribution is 2.19. The molecule has 0 atom stereocenters. The number of hydrogen-bond donors (Lipinski definition) is 1. The zero-order valence-corrected chi connectivity index (χ0v) is 6.96. The average Bonchev–Trinajstić information content (AvgIpc) is 2.29. The first-order valence-electron chi connectivity index (χ1n) is 3.67. The highest BCUT2D eigenvalue weighted by atomic mass is 16.3. The van der Waals surface area contributed by atoms with Crippen molar-refractivity contribution in [2.75, 3.05) is 5.73 Å². The van der Waals surface area contributed by atoms with Crippen LogP contribution in [0.15, 0.2) is 10.5 Å². The lowest BCUT2D eigenvalue weighted by molar-refractivity contribution is 0.567. The predicted octanol–water partition coefficient (Wildman–Crippen LogP) is 1.42. The van der Waals surface area contributed by atoms with E-state index in [0.29, 0.717) is 5.71 Å². The summed E-state index contributed by atoms with van der Waals surface area (Å²) in [4.78, 5) is 7.98. The standard InChI is InChI=1S/C8H9N3O/c1-4-3-6-5(2)10-8(9)11-7(6)12-4/h3H,1-2H3,(H2,9,10,11). The summed E-state index contributed by atoms with van der Waals surface area (Å²) in [6.07, 6.45) is 0. The maximum Gasteiger partial charge on any atom is 0.231 e. The van der Waals surface area contributed by atoms with Gasteiger partial charge in [-0.25, -0.2) is 4.98 Å². The molecule has 0 aliphatic rings. The minimum Gasteiger partial charge on any atom is -0.443 e. The highest BCUT2D eigenvalue weighted by molar-refractivity contribution is 5.77. The Balaban J connectivity index is 2.88.